The number of nitrogens with one attached hydrogen (secondary N) is 1. The van der Waals surface area contributed by atoms with Crippen molar-refractivity contribution in [2.45, 2.75) is 18.6 Å². The van der Waals surface area contributed by atoms with Gasteiger partial charge in [0.25, 0.3) is 5.56 Å². The standard InChI is InChI=1S/C16H18N6O2.HI/c23-15-12-3-1-2-4-13(12)17-11-22(15)8-7-21-6-5-16(24,10-21)14-9-18-20-19-14;/h1-4,9,11,24H,5-8,10H2,(H,18,19,20);1H. The minimum Gasteiger partial charge on any atom is -0.382 e. The molecule has 1 saturated heterocycles. The fraction of sp³-hybridized carbons (Fsp3) is 0.375. The molecule has 9 heteroatoms. The van der Waals surface area contributed by atoms with Crippen LogP contribution in [0.25, 0.3) is 10.9 Å². The molecule has 2 aromatic heterocycles. The van der Waals surface area contributed by atoms with Crippen molar-refractivity contribution in [2.24, 2.45) is 0 Å². The average Bonchev–Trinajstić information content (AvgIpc) is 3.25. The number of H-pyrrole nitrogens is 1. The predicted molar refractivity (Wildman–Crippen MR) is 103 cm³/mol. The lowest BCUT2D eigenvalue weighted by molar-refractivity contribution is 0.0413. The highest BCUT2D eigenvalue weighted by molar-refractivity contribution is 14.0. The topological polar surface area (TPSA) is 99.9 Å². The maximum absolute atomic E-state index is 12.5. The van der Waals surface area contributed by atoms with E-state index >= 15 is 0 Å². The Hall–Kier alpha value is -1.85. The van der Waals surface area contributed by atoms with E-state index in [1.165, 1.54) is 0 Å². The summed E-state index contributed by atoms with van der Waals surface area (Å²) in [6.07, 6.45) is 3.75. The summed E-state index contributed by atoms with van der Waals surface area (Å²) in [5, 5.41) is 21.6. The van der Waals surface area contributed by atoms with E-state index in [0.29, 0.717) is 42.7 Å². The van der Waals surface area contributed by atoms with Crippen LogP contribution in [0.2, 0.25) is 0 Å². The van der Waals surface area contributed by atoms with E-state index in [0.717, 1.165) is 6.54 Å². The van der Waals surface area contributed by atoms with Gasteiger partial charge in [-0.25, -0.2) is 4.98 Å². The molecule has 0 amide bonds. The number of rotatable bonds is 4. The third-order valence-electron chi connectivity index (χ3n) is 4.61. The third-order valence-corrected chi connectivity index (χ3v) is 4.61. The maximum Gasteiger partial charge on any atom is 0.261 e. The van der Waals surface area contributed by atoms with Gasteiger partial charge in [0.2, 0.25) is 0 Å². The Morgan fingerprint density at radius 1 is 1.28 bits per heavy atom. The van der Waals surface area contributed by atoms with Crippen LogP contribution in [-0.2, 0) is 12.1 Å². The Kier molecular flexibility index (Phi) is 5.16. The van der Waals surface area contributed by atoms with Crippen LogP contribution in [0, 0.1) is 0 Å². The number of likely N-dealkylation sites (tertiary alicyclic amines) is 1. The fourth-order valence-corrected chi connectivity index (χ4v) is 3.21. The second-order valence-electron chi connectivity index (χ2n) is 6.17. The highest BCUT2D eigenvalue weighted by Crippen LogP contribution is 2.29. The molecular weight excluding hydrogens is 435 g/mol. The van der Waals surface area contributed by atoms with Crippen molar-refractivity contribution in [3.05, 3.63) is 52.8 Å². The molecule has 0 bridgehead atoms. The Morgan fingerprint density at radius 2 is 2.12 bits per heavy atom. The molecule has 1 aliphatic heterocycles. The zero-order chi connectivity index (χ0) is 16.6. The fourth-order valence-electron chi connectivity index (χ4n) is 3.21. The molecule has 0 saturated carbocycles. The van der Waals surface area contributed by atoms with Crippen LogP contribution < -0.4 is 5.56 Å². The molecule has 3 aromatic rings. The van der Waals surface area contributed by atoms with Crippen molar-refractivity contribution in [3.63, 3.8) is 0 Å². The van der Waals surface area contributed by atoms with Crippen molar-refractivity contribution in [3.8, 4) is 0 Å². The van der Waals surface area contributed by atoms with Crippen molar-refractivity contribution in [1.82, 2.24) is 29.9 Å². The molecule has 132 valence electrons. The normalized spacial score (nSPS) is 20.7. The molecule has 3 heterocycles. The molecule has 1 aliphatic rings. The number of benzene rings is 1. The van der Waals surface area contributed by atoms with Gasteiger partial charge in [-0.05, 0) is 18.6 Å². The van der Waals surface area contributed by atoms with Crippen molar-refractivity contribution in [1.29, 1.82) is 0 Å². The molecule has 1 atom stereocenters. The molecule has 0 radical (unpaired) electrons. The minimum absolute atomic E-state index is 0. The van der Waals surface area contributed by atoms with E-state index in [-0.39, 0.29) is 29.5 Å². The van der Waals surface area contributed by atoms with Gasteiger partial charge >= 0.3 is 0 Å². The monoisotopic (exact) mass is 454 g/mol. The van der Waals surface area contributed by atoms with Gasteiger partial charge in [0, 0.05) is 26.2 Å². The number of hydrogen-bond acceptors (Lipinski definition) is 6. The van der Waals surface area contributed by atoms with E-state index in [2.05, 4.69) is 25.3 Å². The van der Waals surface area contributed by atoms with Crippen molar-refractivity contribution >= 4 is 34.9 Å². The van der Waals surface area contributed by atoms with E-state index in [1.807, 2.05) is 18.2 Å². The third kappa shape index (κ3) is 3.44. The largest absolute Gasteiger partial charge is 0.382 e. The first-order valence-electron chi connectivity index (χ1n) is 7.91. The maximum atomic E-state index is 12.5. The SMILES string of the molecule is I.O=c1c2ccccc2ncn1CCN1CCC(O)(c2cn[nH]n2)C1. The number of hydrogen-bond donors (Lipinski definition) is 2. The quantitative estimate of drug-likeness (QED) is 0.564. The first-order valence-corrected chi connectivity index (χ1v) is 7.91. The average molecular weight is 454 g/mol. The number of aromatic nitrogens is 5. The molecule has 8 nitrogen and oxygen atoms in total. The van der Waals surface area contributed by atoms with E-state index in [9.17, 15) is 9.90 Å². The Bertz CT molecular complexity index is 912. The first kappa shape index (κ1) is 18.0. The van der Waals surface area contributed by atoms with Crippen molar-refractivity contribution < 1.29 is 5.11 Å². The molecule has 1 aromatic carbocycles. The van der Waals surface area contributed by atoms with Crippen LogP contribution in [0.4, 0.5) is 0 Å². The second-order valence-corrected chi connectivity index (χ2v) is 6.17. The minimum atomic E-state index is -0.973. The molecule has 1 fully saturated rings. The highest BCUT2D eigenvalue weighted by Gasteiger charge is 2.39. The first-order chi connectivity index (χ1) is 11.7. The van der Waals surface area contributed by atoms with Crippen LogP contribution >= 0.6 is 24.0 Å². The number of halogens is 1. The van der Waals surface area contributed by atoms with E-state index in [4.69, 9.17) is 0 Å². The number of para-hydroxylation sites is 1. The van der Waals surface area contributed by atoms with Gasteiger partial charge in [-0.2, -0.15) is 15.4 Å². The smallest absolute Gasteiger partial charge is 0.261 e. The van der Waals surface area contributed by atoms with Crippen LogP contribution in [0.1, 0.15) is 12.1 Å². The number of fused-ring (bicyclic) bond motifs is 1. The van der Waals surface area contributed by atoms with Gasteiger partial charge < -0.3 is 5.11 Å². The van der Waals surface area contributed by atoms with Gasteiger partial charge in [-0.3, -0.25) is 14.3 Å². The van der Waals surface area contributed by atoms with Crippen LogP contribution in [0.15, 0.2) is 41.6 Å². The zero-order valence-corrected chi connectivity index (χ0v) is 15.8. The molecular formula is C16H19IN6O2. The van der Waals surface area contributed by atoms with Crippen LogP contribution in [-0.4, -0.2) is 54.6 Å². The predicted octanol–water partition coefficient (Wildman–Crippen LogP) is 0.726. The summed E-state index contributed by atoms with van der Waals surface area (Å²) < 4.78 is 1.62. The summed E-state index contributed by atoms with van der Waals surface area (Å²) in [6.45, 7) is 2.43. The van der Waals surface area contributed by atoms with Crippen molar-refractivity contribution in [2.75, 3.05) is 19.6 Å². The summed E-state index contributed by atoms with van der Waals surface area (Å²) >= 11 is 0. The molecule has 0 aliphatic carbocycles. The molecule has 2 N–H and O–H groups in total. The lowest BCUT2D eigenvalue weighted by Gasteiger charge is -2.21. The van der Waals surface area contributed by atoms with Gasteiger partial charge in [-0.15, -0.1) is 24.0 Å². The summed E-state index contributed by atoms with van der Waals surface area (Å²) in [5.74, 6) is 0. The summed E-state index contributed by atoms with van der Waals surface area (Å²) in [5.41, 5.74) is 0.265. The lowest BCUT2D eigenvalue weighted by Crippen LogP contribution is -2.34. The molecule has 4 rings (SSSR count). The second kappa shape index (κ2) is 7.18. The van der Waals surface area contributed by atoms with E-state index in [1.54, 1.807) is 23.2 Å². The Morgan fingerprint density at radius 3 is 2.92 bits per heavy atom. The number of aromatic amines is 1. The molecule has 0 spiro atoms. The zero-order valence-electron chi connectivity index (χ0n) is 13.5. The highest BCUT2D eigenvalue weighted by atomic mass is 127. The summed E-state index contributed by atoms with van der Waals surface area (Å²) in [7, 11) is 0. The number of β-amino-alcohol motifs (C(OH)–C–C–N with tert-alkyl or cyclic N) is 1. The Labute approximate surface area is 160 Å². The number of aliphatic hydroxyl groups is 1. The van der Waals surface area contributed by atoms with Crippen LogP contribution in [0.5, 0.6) is 0 Å². The Balaban J connectivity index is 0.00000182. The molecule has 25 heavy (non-hydrogen) atoms. The summed E-state index contributed by atoms with van der Waals surface area (Å²) in [6, 6.07) is 7.34. The summed E-state index contributed by atoms with van der Waals surface area (Å²) in [4.78, 5) is 18.9. The number of nitrogens with zero attached hydrogens (tertiary/aromatic N) is 5. The molecule has 1 unspecified atom stereocenters. The van der Waals surface area contributed by atoms with Crippen LogP contribution in [0.3, 0.4) is 0 Å². The van der Waals surface area contributed by atoms with Gasteiger partial charge in [0.05, 0.1) is 23.4 Å². The van der Waals surface area contributed by atoms with Gasteiger partial charge in [0.1, 0.15) is 11.3 Å². The lowest BCUT2D eigenvalue weighted by atomic mass is 10.0. The van der Waals surface area contributed by atoms with E-state index < -0.39 is 5.60 Å². The van der Waals surface area contributed by atoms with Gasteiger partial charge in [0.15, 0.2) is 0 Å². The van der Waals surface area contributed by atoms with Gasteiger partial charge in [-0.1, -0.05) is 12.1 Å².